The quantitative estimate of drug-likeness (QED) is 0.898. The Morgan fingerprint density at radius 2 is 2.17 bits per heavy atom. The zero-order valence-electron chi connectivity index (χ0n) is 10.8. The van der Waals surface area contributed by atoms with Crippen LogP contribution in [0.4, 0.5) is 0 Å². The lowest BCUT2D eigenvalue weighted by Crippen LogP contribution is -2.42. The maximum atomic E-state index is 10.6. The van der Waals surface area contributed by atoms with E-state index in [0.717, 1.165) is 42.3 Å². The summed E-state index contributed by atoms with van der Waals surface area (Å²) in [5.74, 6) is 0. The van der Waals surface area contributed by atoms with Crippen LogP contribution in [0, 0.1) is 0 Å². The molecule has 2 rings (SSSR count). The van der Waals surface area contributed by atoms with Crippen LogP contribution in [0.2, 0.25) is 0 Å². The molecule has 3 nitrogen and oxygen atoms in total. The molecule has 0 bridgehead atoms. The van der Waals surface area contributed by atoms with Crippen LogP contribution in [-0.2, 0) is 6.42 Å². The lowest BCUT2D eigenvalue weighted by Gasteiger charge is -2.36. The Morgan fingerprint density at radius 1 is 1.44 bits per heavy atom. The van der Waals surface area contributed by atoms with Gasteiger partial charge in [0.1, 0.15) is 0 Å². The molecule has 0 spiro atoms. The molecule has 0 aromatic carbocycles. The third-order valence-electron chi connectivity index (χ3n) is 3.70. The van der Waals surface area contributed by atoms with Gasteiger partial charge in [-0.25, -0.2) is 0 Å². The van der Waals surface area contributed by atoms with Crippen LogP contribution in [0.1, 0.15) is 38.2 Å². The van der Waals surface area contributed by atoms with Crippen molar-refractivity contribution in [3.05, 3.63) is 28.5 Å². The van der Waals surface area contributed by atoms with Crippen LogP contribution >= 0.6 is 15.9 Å². The third-order valence-corrected chi connectivity index (χ3v) is 4.14. The number of pyridine rings is 1. The molecule has 0 atom stereocenters. The highest BCUT2D eigenvalue weighted by Gasteiger charge is 2.33. The molecule has 1 aliphatic carbocycles. The summed E-state index contributed by atoms with van der Waals surface area (Å²) in [6.07, 6.45) is 8.19. The molecule has 2 N–H and O–H groups in total. The minimum absolute atomic E-state index is 0.547. The fourth-order valence-corrected chi connectivity index (χ4v) is 3.17. The summed E-state index contributed by atoms with van der Waals surface area (Å²) in [7, 11) is 0. The molecule has 1 aromatic rings. The molecule has 100 valence electrons. The molecule has 1 saturated carbocycles. The number of nitrogens with one attached hydrogen (secondary N) is 1. The van der Waals surface area contributed by atoms with Crippen LogP contribution in [0.15, 0.2) is 22.9 Å². The van der Waals surface area contributed by atoms with Crippen molar-refractivity contribution in [3.8, 4) is 0 Å². The molecule has 0 amide bonds. The first-order valence-electron chi connectivity index (χ1n) is 6.66. The summed E-state index contributed by atoms with van der Waals surface area (Å²) < 4.78 is 0.977. The van der Waals surface area contributed by atoms with Gasteiger partial charge < -0.3 is 10.4 Å². The van der Waals surface area contributed by atoms with E-state index in [1.54, 1.807) is 6.20 Å². The molecule has 4 heteroatoms. The summed E-state index contributed by atoms with van der Waals surface area (Å²) in [6.45, 7) is 3.15. The Kier molecular flexibility index (Phi) is 4.76. The fourth-order valence-electron chi connectivity index (χ4n) is 2.76. The molecular formula is C14H21BrN2O. The summed E-state index contributed by atoms with van der Waals surface area (Å²) in [6, 6.07) is 2.62. The zero-order valence-corrected chi connectivity index (χ0v) is 12.4. The van der Waals surface area contributed by atoms with E-state index < -0.39 is 5.60 Å². The van der Waals surface area contributed by atoms with E-state index in [1.807, 2.05) is 12.3 Å². The number of hydrogen-bond acceptors (Lipinski definition) is 3. The average Bonchev–Trinajstić information content (AvgIpc) is 2.32. The van der Waals surface area contributed by atoms with Gasteiger partial charge in [0.05, 0.1) is 5.60 Å². The minimum Gasteiger partial charge on any atom is -0.390 e. The molecule has 0 saturated heterocycles. The molecule has 0 aliphatic heterocycles. The van der Waals surface area contributed by atoms with E-state index in [1.165, 1.54) is 0 Å². The molecule has 1 heterocycles. The van der Waals surface area contributed by atoms with Gasteiger partial charge in [-0.1, -0.05) is 6.92 Å². The van der Waals surface area contributed by atoms with Crippen LogP contribution < -0.4 is 5.32 Å². The second-order valence-corrected chi connectivity index (χ2v) is 6.16. The summed E-state index contributed by atoms with van der Waals surface area (Å²) >= 11 is 3.42. The van der Waals surface area contributed by atoms with Gasteiger partial charge in [0.25, 0.3) is 0 Å². The number of nitrogens with zero attached hydrogens (tertiary/aromatic N) is 1. The van der Waals surface area contributed by atoms with Gasteiger partial charge in [0.15, 0.2) is 0 Å². The summed E-state index contributed by atoms with van der Waals surface area (Å²) in [5, 5.41) is 14.1. The zero-order chi connectivity index (χ0) is 13.0. The van der Waals surface area contributed by atoms with E-state index >= 15 is 0 Å². The normalized spacial score (nSPS) is 28.3. The van der Waals surface area contributed by atoms with Crippen molar-refractivity contribution in [2.75, 3.05) is 6.54 Å². The number of aliphatic hydroxyl groups is 1. The molecule has 1 aromatic heterocycles. The van der Waals surface area contributed by atoms with E-state index in [-0.39, 0.29) is 0 Å². The highest BCUT2D eigenvalue weighted by Crippen LogP contribution is 2.31. The standard InChI is InChI=1S/C14H21BrN2O/c1-2-17-13-3-5-14(18,6-4-13)8-11-7-12(15)10-16-9-11/h7,9-10,13,17-18H,2-6,8H2,1H3. The number of halogens is 1. The summed E-state index contributed by atoms with van der Waals surface area (Å²) in [5.41, 5.74) is 0.558. The fraction of sp³-hybridized carbons (Fsp3) is 0.643. The third kappa shape index (κ3) is 3.77. The second kappa shape index (κ2) is 6.13. The number of aromatic nitrogens is 1. The largest absolute Gasteiger partial charge is 0.390 e. The van der Waals surface area contributed by atoms with Crippen molar-refractivity contribution in [2.24, 2.45) is 0 Å². The monoisotopic (exact) mass is 312 g/mol. The average molecular weight is 313 g/mol. The molecule has 0 radical (unpaired) electrons. The highest BCUT2D eigenvalue weighted by molar-refractivity contribution is 9.10. The van der Waals surface area contributed by atoms with Crippen molar-refractivity contribution in [1.29, 1.82) is 0 Å². The van der Waals surface area contributed by atoms with Crippen molar-refractivity contribution in [1.82, 2.24) is 10.3 Å². The molecular weight excluding hydrogens is 292 g/mol. The Hall–Kier alpha value is -0.450. The van der Waals surface area contributed by atoms with E-state index in [0.29, 0.717) is 12.5 Å². The first-order valence-corrected chi connectivity index (χ1v) is 7.46. The SMILES string of the molecule is CCNC1CCC(O)(Cc2cncc(Br)c2)CC1. The van der Waals surface area contributed by atoms with E-state index in [2.05, 4.69) is 33.2 Å². The van der Waals surface area contributed by atoms with Crippen molar-refractivity contribution in [3.63, 3.8) is 0 Å². The first kappa shape index (κ1) is 14.0. The van der Waals surface area contributed by atoms with E-state index in [4.69, 9.17) is 0 Å². The van der Waals surface area contributed by atoms with Gasteiger partial charge in [-0.2, -0.15) is 0 Å². The molecule has 1 fully saturated rings. The Morgan fingerprint density at radius 3 is 2.78 bits per heavy atom. The van der Waals surface area contributed by atoms with Crippen LogP contribution in [0.5, 0.6) is 0 Å². The second-order valence-electron chi connectivity index (χ2n) is 5.24. The van der Waals surface area contributed by atoms with Crippen molar-refractivity contribution >= 4 is 15.9 Å². The number of rotatable bonds is 4. The lowest BCUT2D eigenvalue weighted by molar-refractivity contribution is -0.00301. The predicted molar refractivity (Wildman–Crippen MR) is 76.5 cm³/mol. The van der Waals surface area contributed by atoms with Crippen LogP contribution in [0.3, 0.4) is 0 Å². The predicted octanol–water partition coefficient (Wildman–Crippen LogP) is 2.67. The van der Waals surface area contributed by atoms with Crippen LogP contribution in [-0.4, -0.2) is 28.3 Å². The van der Waals surface area contributed by atoms with Gasteiger partial charge in [-0.05, 0) is 59.8 Å². The maximum absolute atomic E-state index is 10.6. The Labute approximate surface area is 117 Å². The van der Waals surface area contributed by atoms with E-state index in [9.17, 15) is 5.11 Å². The molecule has 1 aliphatic rings. The van der Waals surface area contributed by atoms with Gasteiger partial charge >= 0.3 is 0 Å². The van der Waals surface area contributed by atoms with Crippen molar-refractivity contribution < 1.29 is 5.11 Å². The summed E-state index contributed by atoms with van der Waals surface area (Å²) in [4.78, 5) is 4.15. The molecule has 0 unspecified atom stereocenters. The maximum Gasteiger partial charge on any atom is 0.0689 e. The van der Waals surface area contributed by atoms with Gasteiger partial charge in [0, 0.05) is 29.3 Å². The minimum atomic E-state index is -0.547. The topological polar surface area (TPSA) is 45.1 Å². The van der Waals surface area contributed by atoms with Gasteiger partial charge in [-0.15, -0.1) is 0 Å². The van der Waals surface area contributed by atoms with Gasteiger partial charge in [0.2, 0.25) is 0 Å². The Balaban J connectivity index is 1.93. The first-order chi connectivity index (χ1) is 8.61. The molecule has 18 heavy (non-hydrogen) atoms. The lowest BCUT2D eigenvalue weighted by atomic mass is 9.79. The smallest absolute Gasteiger partial charge is 0.0689 e. The Bertz CT molecular complexity index is 389. The van der Waals surface area contributed by atoms with Crippen molar-refractivity contribution in [2.45, 2.75) is 50.7 Å². The van der Waals surface area contributed by atoms with Gasteiger partial charge in [-0.3, -0.25) is 4.98 Å². The highest BCUT2D eigenvalue weighted by atomic mass is 79.9. The number of hydrogen-bond donors (Lipinski definition) is 2. The van der Waals surface area contributed by atoms with Crippen LogP contribution in [0.25, 0.3) is 0 Å².